The average Bonchev–Trinajstić information content (AvgIpc) is 2.61. The van der Waals surface area contributed by atoms with Crippen molar-refractivity contribution in [2.75, 3.05) is 37.6 Å². The number of carbonyl (C=O) groups excluding carboxylic acids is 2. The van der Waals surface area contributed by atoms with E-state index in [0.29, 0.717) is 32.0 Å². The number of aromatic nitrogens is 2. The molecule has 2 rings (SSSR count). The van der Waals surface area contributed by atoms with Gasteiger partial charge in [-0.3, -0.25) is 9.59 Å². The maximum Gasteiger partial charge on any atom is 0.225 e. The van der Waals surface area contributed by atoms with Gasteiger partial charge in [0, 0.05) is 57.5 Å². The Morgan fingerprint density at radius 2 is 1.87 bits per heavy atom. The molecule has 7 heteroatoms. The average molecular weight is 319 g/mol. The third-order valence-corrected chi connectivity index (χ3v) is 4.17. The fraction of sp³-hybridized carbons (Fsp3) is 0.625. The second kappa shape index (κ2) is 8.45. The Kier molecular flexibility index (Phi) is 6.31. The Morgan fingerprint density at radius 3 is 2.48 bits per heavy atom. The van der Waals surface area contributed by atoms with Crippen molar-refractivity contribution in [3.05, 3.63) is 18.5 Å². The van der Waals surface area contributed by atoms with Crippen molar-refractivity contribution in [2.45, 2.75) is 26.7 Å². The normalized spacial score (nSPS) is 16.1. The van der Waals surface area contributed by atoms with Gasteiger partial charge < -0.3 is 15.1 Å². The summed E-state index contributed by atoms with van der Waals surface area (Å²) >= 11 is 0. The molecule has 1 N–H and O–H groups in total. The van der Waals surface area contributed by atoms with Gasteiger partial charge in [0.05, 0.1) is 0 Å². The van der Waals surface area contributed by atoms with Crippen molar-refractivity contribution in [3.63, 3.8) is 0 Å². The molecule has 0 saturated carbocycles. The highest BCUT2D eigenvalue weighted by Crippen LogP contribution is 2.10. The molecule has 1 saturated heterocycles. The number of rotatable bonds is 6. The van der Waals surface area contributed by atoms with Crippen LogP contribution < -0.4 is 10.2 Å². The van der Waals surface area contributed by atoms with Crippen LogP contribution in [-0.4, -0.2) is 59.4 Å². The van der Waals surface area contributed by atoms with Gasteiger partial charge >= 0.3 is 0 Å². The zero-order valence-electron chi connectivity index (χ0n) is 13.9. The molecule has 0 bridgehead atoms. The molecular weight excluding hydrogens is 294 g/mol. The monoisotopic (exact) mass is 319 g/mol. The van der Waals surface area contributed by atoms with E-state index in [1.807, 2.05) is 18.7 Å². The predicted octanol–water partition coefficient (Wildman–Crippen LogP) is 0.678. The molecule has 0 spiro atoms. The summed E-state index contributed by atoms with van der Waals surface area (Å²) in [5, 5.41) is 2.82. The Hall–Kier alpha value is -2.18. The van der Waals surface area contributed by atoms with E-state index in [1.54, 1.807) is 18.5 Å². The Labute approximate surface area is 137 Å². The summed E-state index contributed by atoms with van der Waals surface area (Å²) < 4.78 is 0. The lowest BCUT2D eigenvalue weighted by atomic mass is 10.1. The third kappa shape index (κ3) is 4.91. The predicted molar refractivity (Wildman–Crippen MR) is 87.9 cm³/mol. The molecule has 7 nitrogen and oxygen atoms in total. The standard InChI is InChI=1S/C16H25N5O2/c1-3-13(2)15(23)17-8-5-14(22)20-9-11-21(12-10-20)16-18-6-4-7-19-16/h4,6-7,13H,3,5,8-12H2,1-2H3,(H,17,23)/t13-/m0/s1. The quantitative estimate of drug-likeness (QED) is 0.834. The van der Waals surface area contributed by atoms with Crippen LogP contribution in [0.4, 0.5) is 5.95 Å². The number of anilines is 1. The van der Waals surface area contributed by atoms with Crippen LogP contribution in [0.25, 0.3) is 0 Å². The van der Waals surface area contributed by atoms with E-state index < -0.39 is 0 Å². The van der Waals surface area contributed by atoms with Crippen LogP contribution in [0.1, 0.15) is 26.7 Å². The first kappa shape index (κ1) is 17.2. The summed E-state index contributed by atoms with van der Waals surface area (Å²) in [5.74, 6) is 0.814. The summed E-state index contributed by atoms with van der Waals surface area (Å²) in [6, 6.07) is 1.79. The second-order valence-electron chi connectivity index (χ2n) is 5.77. The van der Waals surface area contributed by atoms with E-state index in [4.69, 9.17) is 0 Å². The molecule has 1 aromatic rings. The van der Waals surface area contributed by atoms with Gasteiger partial charge in [-0.2, -0.15) is 0 Å². The molecular formula is C16H25N5O2. The number of hydrogen-bond donors (Lipinski definition) is 1. The van der Waals surface area contributed by atoms with Crippen molar-refractivity contribution in [1.82, 2.24) is 20.2 Å². The second-order valence-corrected chi connectivity index (χ2v) is 5.77. The molecule has 1 atom stereocenters. The van der Waals surface area contributed by atoms with Gasteiger partial charge in [0.1, 0.15) is 0 Å². The summed E-state index contributed by atoms with van der Waals surface area (Å²) in [7, 11) is 0. The number of hydrogen-bond acceptors (Lipinski definition) is 5. The summed E-state index contributed by atoms with van der Waals surface area (Å²) in [4.78, 5) is 36.2. The first-order chi connectivity index (χ1) is 11.1. The number of piperazine rings is 1. The van der Waals surface area contributed by atoms with Gasteiger partial charge in [-0.1, -0.05) is 13.8 Å². The Morgan fingerprint density at radius 1 is 1.22 bits per heavy atom. The smallest absolute Gasteiger partial charge is 0.225 e. The summed E-state index contributed by atoms with van der Waals surface area (Å²) in [6.07, 6.45) is 4.60. The molecule has 0 aromatic carbocycles. The molecule has 0 unspecified atom stereocenters. The number of nitrogens with one attached hydrogen (secondary N) is 1. The van der Waals surface area contributed by atoms with Crippen LogP contribution in [0.5, 0.6) is 0 Å². The number of nitrogens with zero attached hydrogens (tertiary/aromatic N) is 4. The third-order valence-electron chi connectivity index (χ3n) is 4.17. The highest BCUT2D eigenvalue weighted by Gasteiger charge is 2.22. The van der Waals surface area contributed by atoms with E-state index in [2.05, 4.69) is 20.2 Å². The van der Waals surface area contributed by atoms with Crippen molar-refractivity contribution in [3.8, 4) is 0 Å². The summed E-state index contributed by atoms with van der Waals surface area (Å²) in [6.45, 7) is 7.06. The molecule has 2 heterocycles. The molecule has 1 aliphatic heterocycles. The van der Waals surface area contributed by atoms with Gasteiger partial charge in [0.2, 0.25) is 17.8 Å². The Bertz CT molecular complexity index is 514. The summed E-state index contributed by atoms with van der Waals surface area (Å²) in [5.41, 5.74) is 0. The maximum atomic E-state index is 12.2. The molecule has 1 aliphatic rings. The maximum absolute atomic E-state index is 12.2. The lowest BCUT2D eigenvalue weighted by molar-refractivity contribution is -0.131. The minimum Gasteiger partial charge on any atom is -0.355 e. The van der Waals surface area contributed by atoms with Crippen LogP contribution in [0.15, 0.2) is 18.5 Å². The van der Waals surface area contributed by atoms with Crippen LogP contribution in [-0.2, 0) is 9.59 Å². The first-order valence-corrected chi connectivity index (χ1v) is 8.19. The number of amides is 2. The zero-order valence-corrected chi connectivity index (χ0v) is 13.9. The van der Waals surface area contributed by atoms with Gasteiger partial charge in [-0.25, -0.2) is 9.97 Å². The Balaban J connectivity index is 1.70. The highest BCUT2D eigenvalue weighted by molar-refractivity contribution is 5.80. The van der Waals surface area contributed by atoms with E-state index >= 15 is 0 Å². The molecule has 1 aromatic heterocycles. The molecule has 23 heavy (non-hydrogen) atoms. The number of carbonyl (C=O) groups is 2. The van der Waals surface area contributed by atoms with E-state index in [0.717, 1.165) is 19.5 Å². The minimum atomic E-state index is -0.000445. The molecule has 0 aliphatic carbocycles. The lowest BCUT2D eigenvalue weighted by Gasteiger charge is -2.34. The van der Waals surface area contributed by atoms with Crippen LogP contribution in [0.3, 0.4) is 0 Å². The first-order valence-electron chi connectivity index (χ1n) is 8.19. The minimum absolute atomic E-state index is 0.000445. The molecule has 126 valence electrons. The van der Waals surface area contributed by atoms with Crippen molar-refractivity contribution < 1.29 is 9.59 Å². The molecule has 2 amide bonds. The topological polar surface area (TPSA) is 78.4 Å². The SMILES string of the molecule is CC[C@H](C)C(=O)NCCC(=O)N1CCN(c2ncccn2)CC1. The van der Waals surface area contributed by atoms with Crippen LogP contribution in [0, 0.1) is 5.92 Å². The van der Waals surface area contributed by atoms with Gasteiger partial charge in [-0.15, -0.1) is 0 Å². The van der Waals surface area contributed by atoms with Crippen molar-refractivity contribution in [2.24, 2.45) is 5.92 Å². The van der Waals surface area contributed by atoms with Crippen molar-refractivity contribution >= 4 is 17.8 Å². The van der Waals surface area contributed by atoms with Crippen LogP contribution >= 0.6 is 0 Å². The molecule has 0 radical (unpaired) electrons. The van der Waals surface area contributed by atoms with Gasteiger partial charge in [0.15, 0.2) is 0 Å². The highest BCUT2D eigenvalue weighted by atomic mass is 16.2. The lowest BCUT2D eigenvalue weighted by Crippen LogP contribution is -2.49. The zero-order chi connectivity index (χ0) is 16.7. The van der Waals surface area contributed by atoms with Gasteiger partial charge in [0.25, 0.3) is 0 Å². The van der Waals surface area contributed by atoms with E-state index in [-0.39, 0.29) is 17.7 Å². The molecule has 1 fully saturated rings. The van der Waals surface area contributed by atoms with Crippen LogP contribution in [0.2, 0.25) is 0 Å². The van der Waals surface area contributed by atoms with E-state index in [1.165, 1.54) is 0 Å². The largest absolute Gasteiger partial charge is 0.355 e. The fourth-order valence-corrected chi connectivity index (χ4v) is 2.42. The van der Waals surface area contributed by atoms with Gasteiger partial charge in [-0.05, 0) is 12.5 Å². The van der Waals surface area contributed by atoms with Crippen molar-refractivity contribution in [1.29, 1.82) is 0 Å². The fourth-order valence-electron chi connectivity index (χ4n) is 2.42. The van der Waals surface area contributed by atoms with E-state index in [9.17, 15) is 9.59 Å².